The molecule has 0 bridgehead atoms. The summed E-state index contributed by atoms with van der Waals surface area (Å²) in [5.74, 6) is 0.435. The summed E-state index contributed by atoms with van der Waals surface area (Å²) in [6, 6.07) is 2.10. The number of aromatic nitrogens is 1. The number of aryl methyl sites for hydroxylation is 1. The predicted octanol–water partition coefficient (Wildman–Crippen LogP) is 3.14. The van der Waals surface area contributed by atoms with E-state index in [1.165, 1.54) is 24.1 Å². The molecule has 0 saturated carbocycles. The van der Waals surface area contributed by atoms with Gasteiger partial charge in [0.2, 0.25) is 0 Å². The van der Waals surface area contributed by atoms with Gasteiger partial charge in [0.15, 0.2) is 0 Å². The van der Waals surface area contributed by atoms with E-state index in [4.69, 9.17) is 4.98 Å². The van der Waals surface area contributed by atoms with Crippen LogP contribution in [0.1, 0.15) is 68.1 Å². The van der Waals surface area contributed by atoms with Crippen LogP contribution >= 0.6 is 0 Å². The van der Waals surface area contributed by atoms with E-state index in [9.17, 15) is 5.11 Å². The molecule has 2 nitrogen and oxygen atoms in total. The molecule has 0 radical (unpaired) electrons. The average molecular weight is 219 g/mol. The molecule has 88 valence electrons. The fraction of sp³-hybridized carbons (Fsp3) is 0.643. The van der Waals surface area contributed by atoms with E-state index in [-0.39, 0.29) is 6.10 Å². The van der Waals surface area contributed by atoms with Gasteiger partial charge in [-0.1, -0.05) is 13.8 Å². The van der Waals surface area contributed by atoms with Gasteiger partial charge >= 0.3 is 0 Å². The third-order valence-corrected chi connectivity index (χ3v) is 3.40. The topological polar surface area (TPSA) is 33.1 Å². The van der Waals surface area contributed by atoms with Gasteiger partial charge in [0.1, 0.15) is 0 Å². The van der Waals surface area contributed by atoms with Gasteiger partial charge in [0, 0.05) is 11.4 Å². The monoisotopic (exact) mass is 219 g/mol. The third kappa shape index (κ3) is 2.12. The van der Waals surface area contributed by atoms with Gasteiger partial charge in [-0.05, 0) is 55.7 Å². The maximum atomic E-state index is 9.86. The Hall–Kier alpha value is -0.890. The van der Waals surface area contributed by atoms with E-state index >= 15 is 0 Å². The second kappa shape index (κ2) is 4.54. The SMILES string of the molecule is CC(C)c1cc([C@H](C)O)c2c(n1)CCCC2. The van der Waals surface area contributed by atoms with Gasteiger partial charge < -0.3 is 5.11 Å². The van der Waals surface area contributed by atoms with Crippen LogP contribution in [-0.2, 0) is 12.8 Å². The molecule has 0 fully saturated rings. The van der Waals surface area contributed by atoms with E-state index in [0.717, 1.165) is 24.1 Å². The molecule has 0 aromatic carbocycles. The molecule has 1 aromatic rings. The molecule has 0 unspecified atom stereocenters. The van der Waals surface area contributed by atoms with Crippen molar-refractivity contribution in [2.45, 2.75) is 58.5 Å². The van der Waals surface area contributed by atoms with Crippen molar-refractivity contribution in [3.63, 3.8) is 0 Å². The molecule has 1 aliphatic carbocycles. The number of aliphatic hydroxyl groups is 1. The number of aliphatic hydroxyl groups excluding tert-OH is 1. The lowest BCUT2D eigenvalue weighted by molar-refractivity contribution is 0.197. The Morgan fingerprint density at radius 2 is 1.88 bits per heavy atom. The van der Waals surface area contributed by atoms with Crippen molar-refractivity contribution in [3.05, 3.63) is 28.6 Å². The van der Waals surface area contributed by atoms with E-state index in [1.807, 2.05) is 6.92 Å². The first-order chi connectivity index (χ1) is 7.59. The molecule has 2 heteroatoms. The lowest BCUT2D eigenvalue weighted by Crippen LogP contribution is -2.13. The highest BCUT2D eigenvalue weighted by Crippen LogP contribution is 2.29. The fourth-order valence-electron chi connectivity index (χ4n) is 2.43. The van der Waals surface area contributed by atoms with Crippen molar-refractivity contribution in [1.82, 2.24) is 4.98 Å². The molecular formula is C14H21NO. The highest BCUT2D eigenvalue weighted by atomic mass is 16.3. The third-order valence-electron chi connectivity index (χ3n) is 3.40. The molecule has 1 heterocycles. The molecule has 1 aromatic heterocycles. The summed E-state index contributed by atoms with van der Waals surface area (Å²) < 4.78 is 0. The van der Waals surface area contributed by atoms with Gasteiger partial charge in [0.05, 0.1) is 6.10 Å². The van der Waals surface area contributed by atoms with Crippen LogP contribution in [0, 0.1) is 0 Å². The highest BCUT2D eigenvalue weighted by molar-refractivity contribution is 5.36. The van der Waals surface area contributed by atoms with Crippen molar-refractivity contribution in [2.75, 3.05) is 0 Å². The summed E-state index contributed by atoms with van der Waals surface area (Å²) in [5, 5.41) is 9.86. The number of hydrogen-bond donors (Lipinski definition) is 1. The summed E-state index contributed by atoms with van der Waals surface area (Å²) in [4.78, 5) is 4.74. The molecule has 0 aliphatic heterocycles. The first kappa shape index (κ1) is 11.6. The molecule has 1 atom stereocenters. The Balaban J connectivity index is 2.52. The van der Waals surface area contributed by atoms with Crippen molar-refractivity contribution < 1.29 is 5.11 Å². The van der Waals surface area contributed by atoms with Crippen molar-refractivity contribution in [1.29, 1.82) is 0 Å². The van der Waals surface area contributed by atoms with Gasteiger partial charge in [-0.15, -0.1) is 0 Å². The highest BCUT2D eigenvalue weighted by Gasteiger charge is 2.19. The van der Waals surface area contributed by atoms with Gasteiger partial charge in [-0.25, -0.2) is 0 Å². The van der Waals surface area contributed by atoms with Crippen molar-refractivity contribution in [2.24, 2.45) is 0 Å². The lowest BCUT2D eigenvalue weighted by Gasteiger charge is -2.22. The van der Waals surface area contributed by atoms with Crippen LogP contribution in [0.4, 0.5) is 0 Å². The standard InChI is InChI=1S/C14H21NO/c1-9(2)14-8-12(10(3)16)11-6-4-5-7-13(11)15-14/h8-10,16H,4-7H2,1-3H3/t10-/m0/s1. The summed E-state index contributed by atoms with van der Waals surface area (Å²) in [5.41, 5.74) is 4.77. The van der Waals surface area contributed by atoms with E-state index in [0.29, 0.717) is 5.92 Å². The molecule has 0 spiro atoms. The summed E-state index contributed by atoms with van der Waals surface area (Å²) in [7, 11) is 0. The molecule has 16 heavy (non-hydrogen) atoms. The zero-order valence-corrected chi connectivity index (χ0v) is 10.5. The number of hydrogen-bond acceptors (Lipinski definition) is 2. The van der Waals surface area contributed by atoms with E-state index < -0.39 is 0 Å². The zero-order chi connectivity index (χ0) is 11.7. The summed E-state index contributed by atoms with van der Waals surface area (Å²) in [6.07, 6.45) is 4.26. The Morgan fingerprint density at radius 1 is 1.19 bits per heavy atom. The van der Waals surface area contributed by atoms with E-state index in [2.05, 4.69) is 19.9 Å². The largest absolute Gasteiger partial charge is 0.389 e. The molecule has 1 N–H and O–H groups in total. The number of rotatable bonds is 2. The van der Waals surface area contributed by atoms with Crippen LogP contribution in [0.15, 0.2) is 6.07 Å². The first-order valence-electron chi connectivity index (χ1n) is 6.30. The minimum atomic E-state index is -0.368. The van der Waals surface area contributed by atoms with Crippen LogP contribution < -0.4 is 0 Å². The second-order valence-corrected chi connectivity index (χ2v) is 5.10. The van der Waals surface area contributed by atoms with Gasteiger partial charge in [-0.2, -0.15) is 0 Å². The maximum Gasteiger partial charge on any atom is 0.0765 e. The van der Waals surface area contributed by atoms with E-state index in [1.54, 1.807) is 0 Å². The lowest BCUT2D eigenvalue weighted by atomic mass is 9.89. The average Bonchev–Trinajstić information content (AvgIpc) is 2.27. The minimum Gasteiger partial charge on any atom is -0.389 e. The Bertz CT molecular complexity index is 383. The molecular weight excluding hydrogens is 198 g/mol. The normalized spacial score (nSPS) is 17.3. The first-order valence-corrected chi connectivity index (χ1v) is 6.30. The Kier molecular flexibility index (Phi) is 3.29. The quantitative estimate of drug-likeness (QED) is 0.829. The molecule has 0 saturated heterocycles. The number of fused-ring (bicyclic) bond motifs is 1. The van der Waals surface area contributed by atoms with Gasteiger partial charge in [0.25, 0.3) is 0 Å². The van der Waals surface area contributed by atoms with Crippen LogP contribution in [0.25, 0.3) is 0 Å². The molecule has 1 aliphatic rings. The van der Waals surface area contributed by atoms with Crippen molar-refractivity contribution >= 4 is 0 Å². The van der Waals surface area contributed by atoms with Crippen LogP contribution in [0.5, 0.6) is 0 Å². The van der Waals surface area contributed by atoms with Crippen molar-refractivity contribution in [3.8, 4) is 0 Å². The zero-order valence-electron chi connectivity index (χ0n) is 10.5. The number of nitrogens with zero attached hydrogens (tertiary/aromatic N) is 1. The maximum absolute atomic E-state index is 9.86. The Labute approximate surface area is 97.7 Å². The molecule has 2 rings (SSSR count). The van der Waals surface area contributed by atoms with Crippen LogP contribution in [0.2, 0.25) is 0 Å². The van der Waals surface area contributed by atoms with Gasteiger partial charge in [-0.3, -0.25) is 4.98 Å². The summed E-state index contributed by atoms with van der Waals surface area (Å²) >= 11 is 0. The molecule has 0 amide bonds. The predicted molar refractivity (Wildman–Crippen MR) is 65.6 cm³/mol. The smallest absolute Gasteiger partial charge is 0.0765 e. The van der Waals surface area contributed by atoms with Crippen LogP contribution in [0.3, 0.4) is 0 Å². The van der Waals surface area contributed by atoms with Crippen LogP contribution in [-0.4, -0.2) is 10.1 Å². The Morgan fingerprint density at radius 3 is 2.50 bits per heavy atom. The number of pyridine rings is 1. The second-order valence-electron chi connectivity index (χ2n) is 5.10. The fourth-order valence-corrected chi connectivity index (χ4v) is 2.43. The summed E-state index contributed by atoms with van der Waals surface area (Å²) in [6.45, 7) is 6.17. The minimum absolute atomic E-state index is 0.368.